The van der Waals surface area contributed by atoms with Gasteiger partial charge >= 0.3 is 6.03 Å². The summed E-state index contributed by atoms with van der Waals surface area (Å²) in [6.45, 7) is 4.52. The Labute approximate surface area is 184 Å². The number of ether oxygens (including phenoxy) is 1. The van der Waals surface area contributed by atoms with Gasteiger partial charge in [0.1, 0.15) is 11.3 Å². The third-order valence-corrected chi connectivity index (χ3v) is 8.89. The van der Waals surface area contributed by atoms with Gasteiger partial charge in [0.15, 0.2) is 0 Å². The lowest BCUT2D eigenvalue weighted by Gasteiger charge is -2.65. The third-order valence-electron chi connectivity index (χ3n) is 8.89. The molecule has 3 amide bonds. The molecule has 0 radical (unpaired) electrons. The molecule has 168 valence electrons. The molecule has 5 atom stereocenters. The Morgan fingerprint density at radius 3 is 2.71 bits per heavy atom. The van der Waals surface area contributed by atoms with Gasteiger partial charge in [0.25, 0.3) is 5.91 Å². The van der Waals surface area contributed by atoms with Crippen LogP contribution in [0, 0.1) is 17.8 Å². The van der Waals surface area contributed by atoms with Gasteiger partial charge in [-0.05, 0) is 86.0 Å². The number of fused-ring (bicyclic) bond motifs is 1. The van der Waals surface area contributed by atoms with Crippen molar-refractivity contribution in [2.75, 3.05) is 7.11 Å². The van der Waals surface area contributed by atoms with Crippen molar-refractivity contribution >= 4 is 11.9 Å². The first-order valence-electron chi connectivity index (χ1n) is 11.8. The number of carbonyl (C=O) groups is 2. The normalized spacial score (nSPS) is 38.5. The first-order valence-corrected chi connectivity index (χ1v) is 11.8. The molecule has 3 N–H and O–H groups in total. The van der Waals surface area contributed by atoms with Crippen LogP contribution < -0.4 is 15.4 Å². The third kappa shape index (κ3) is 2.86. The molecular formula is C25H34N2O4. The first-order chi connectivity index (χ1) is 14.7. The van der Waals surface area contributed by atoms with Gasteiger partial charge in [-0.2, -0.15) is 0 Å². The largest absolute Gasteiger partial charge is 0.497 e. The predicted molar refractivity (Wildman–Crippen MR) is 117 cm³/mol. The summed E-state index contributed by atoms with van der Waals surface area (Å²) in [7, 11) is 1.66. The molecule has 1 unspecified atom stereocenters. The van der Waals surface area contributed by atoms with Crippen LogP contribution in [0.25, 0.3) is 0 Å². The van der Waals surface area contributed by atoms with Gasteiger partial charge in [0, 0.05) is 5.41 Å². The van der Waals surface area contributed by atoms with Crippen LogP contribution in [0.5, 0.6) is 5.75 Å². The molecular weight excluding hydrogens is 392 g/mol. The summed E-state index contributed by atoms with van der Waals surface area (Å²) in [5, 5.41) is 17.8. The molecule has 1 aromatic carbocycles. The number of carbonyl (C=O) groups excluding carboxylic acids is 2. The summed E-state index contributed by atoms with van der Waals surface area (Å²) in [4.78, 5) is 24.9. The summed E-state index contributed by atoms with van der Waals surface area (Å²) in [6, 6.07) is 5.79. The molecule has 6 nitrogen and oxygen atoms in total. The standard InChI is InChI=1S/C25H34N2O4/c1-15(2)4-5-16-8-9-23-14-24(21(28)26-22(29)27-24)10-11-25(23,30)20(16)12-17-6-7-18(31-3)13-19(17)23/h6-7,13,15-16,20,30H,4-5,8-12,14H2,1-3H3,(H2,26,27,28,29)/t16?,20-,23+,24-,25+/m0/s1. The van der Waals surface area contributed by atoms with Crippen LogP contribution in [-0.4, -0.2) is 35.3 Å². The minimum absolute atomic E-state index is 0.179. The maximum Gasteiger partial charge on any atom is 0.322 e. The van der Waals surface area contributed by atoms with E-state index in [0.717, 1.165) is 37.0 Å². The maximum atomic E-state index is 12.9. The second kappa shape index (κ2) is 6.96. The van der Waals surface area contributed by atoms with Crippen LogP contribution in [0.2, 0.25) is 0 Å². The van der Waals surface area contributed by atoms with Crippen LogP contribution >= 0.6 is 0 Å². The molecule has 1 saturated heterocycles. The molecule has 31 heavy (non-hydrogen) atoms. The van der Waals surface area contributed by atoms with Gasteiger partial charge in [0.2, 0.25) is 0 Å². The number of hydrogen-bond donors (Lipinski definition) is 3. The van der Waals surface area contributed by atoms with E-state index >= 15 is 0 Å². The highest BCUT2D eigenvalue weighted by atomic mass is 16.5. The van der Waals surface area contributed by atoms with E-state index in [2.05, 4.69) is 36.6 Å². The van der Waals surface area contributed by atoms with Crippen molar-refractivity contribution in [3.63, 3.8) is 0 Å². The van der Waals surface area contributed by atoms with E-state index in [0.29, 0.717) is 31.1 Å². The Morgan fingerprint density at radius 2 is 2.03 bits per heavy atom. The molecule has 1 spiro atoms. The van der Waals surface area contributed by atoms with Crippen molar-refractivity contribution in [1.29, 1.82) is 0 Å². The quantitative estimate of drug-likeness (QED) is 0.644. The van der Waals surface area contributed by atoms with Gasteiger partial charge in [-0.15, -0.1) is 0 Å². The smallest absolute Gasteiger partial charge is 0.322 e. The van der Waals surface area contributed by atoms with Crippen molar-refractivity contribution in [2.45, 2.75) is 81.8 Å². The van der Waals surface area contributed by atoms with Crippen LogP contribution in [0.3, 0.4) is 0 Å². The number of amides is 3. The minimum atomic E-state index is -0.934. The maximum absolute atomic E-state index is 12.9. The van der Waals surface area contributed by atoms with E-state index in [1.54, 1.807) is 7.11 Å². The first kappa shape index (κ1) is 20.8. The van der Waals surface area contributed by atoms with Crippen LogP contribution in [0.4, 0.5) is 4.79 Å². The highest BCUT2D eigenvalue weighted by Gasteiger charge is 2.69. The fraction of sp³-hybridized carbons (Fsp3) is 0.680. The lowest BCUT2D eigenvalue weighted by molar-refractivity contribution is -0.180. The number of benzene rings is 1. The zero-order chi connectivity index (χ0) is 22.0. The summed E-state index contributed by atoms with van der Waals surface area (Å²) in [6.07, 6.45) is 6.50. The molecule has 3 fully saturated rings. The van der Waals surface area contributed by atoms with Crippen LogP contribution in [0.1, 0.15) is 69.9 Å². The fourth-order valence-corrected chi connectivity index (χ4v) is 7.33. The second-order valence-electron chi connectivity index (χ2n) is 10.8. The Morgan fingerprint density at radius 1 is 1.23 bits per heavy atom. The zero-order valence-corrected chi connectivity index (χ0v) is 18.8. The number of nitrogens with one attached hydrogen (secondary N) is 2. The Bertz CT molecular complexity index is 930. The number of methoxy groups -OCH3 is 1. The van der Waals surface area contributed by atoms with E-state index in [1.807, 2.05) is 6.07 Å². The molecule has 1 heterocycles. The molecule has 0 aromatic heterocycles. The minimum Gasteiger partial charge on any atom is -0.497 e. The number of imide groups is 1. The van der Waals surface area contributed by atoms with Gasteiger partial charge in [0.05, 0.1) is 12.7 Å². The number of urea groups is 1. The number of aliphatic hydroxyl groups is 1. The van der Waals surface area contributed by atoms with Crippen molar-refractivity contribution < 1.29 is 19.4 Å². The zero-order valence-electron chi connectivity index (χ0n) is 18.8. The molecule has 1 aromatic rings. The Balaban J connectivity index is 1.62. The average molecular weight is 427 g/mol. The average Bonchev–Trinajstić information content (AvgIpc) is 3.00. The Hall–Kier alpha value is -2.08. The SMILES string of the molecule is COc1ccc2c(c1)[C@]13CCC(CCC(C)C)[C@H](C2)[C@]1(O)CC[C@@]1(C3)NC(=O)NC1=O. The second-order valence-corrected chi connectivity index (χ2v) is 10.8. The van der Waals surface area contributed by atoms with Crippen molar-refractivity contribution in [2.24, 2.45) is 17.8 Å². The van der Waals surface area contributed by atoms with Crippen molar-refractivity contribution in [1.82, 2.24) is 10.6 Å². The van der Waals surface area contributed by atoms with Crippen molar-refractivity contribution in [3.8, 4) is 5.75 Å². The van der Waals surface area contributed by atoms with Gasteiger partial charge in [-0.3, -0.25) is 10.1 Å². The Kier molecular flexibility index (Phi) is 4.67. The predicted octanol–water partition coefficient (Wildman–Crippen LogP) is 3.44. The topological polar surface area (TPSA) is 87.7 Å². The molecule has 2 saturated carbocycles. The van der Waals surface area contributed by atoms with Crippen LogP contribution in [0.15, 0.2) is 18.2 Å². The molecule has 5 rings (SSSR count). The van der Waals surface area contributed by atoms with Crippen molar-refractivity contribution in [3.05, 3.63) is 29.3 Å². The summed E-state index contributed by atoms with van der Waals surface area (Å²) in [5.41, 5.74) is 0.00962. The van der Waals surface area contributed by atoms with Crippen LogP contribution in [-0.2, 0) is 16.6 Å². The van der Waals surface area contributed by atoms with E-state index in [9.17, 15) is 14.7 Å². The molecule has 3 aliphatic carbocycles. The van der Waals surface area contributed by atoms with Gasteiger partial charge in [-0.1, -0.05) is 26.3 Å². The lowest BCUT2D eigenvalue weighted by atomic mass is 9.41. The molecule has 4 aliphatic rings. The molecule has 1 aliphatic heterocycles. The lowest BCUT2D eigenvalue weighted by Crippen LogP contribution is -2.71. The number of hydrogen-bond acceptors (Lipinski definition) is 4. The number of rotatable bonds is 4. The van der Waals surface area contributed by atoms with Gasteiger partial charge < -0.3 is 15.2 Å². The highest BCUT2D eigenvalue weighted by molar-refractivity contribution is 6.07. The van der Waals surface area contributed by atoms with E-state index in [-0.39, 0.29) is 11.8 Å². The van der Waals surface area contributed by atoms with E-state index in [4.69, 9.17) is 4.74 Å². The molecule has 6 heteroatoms. The van der Waals surface area contributed by atoms with Gasteiger partial charge in [-0.25, -0.2) is 4.79 Å². The summed E-state index contributed by atoms with van der Waals surface area (Å²) in [5.74, 6) is 1.83. The van der Waals surface area contributed by atoms with E-state index < -0.39 is 22.6 Å². The summed E-state index contributed by atoms with van der Waals surface area (Å²) >= 11 is 0. The fourth-order valence-electron chi connectivity index (χ4n) is 7.33. The van der Waals surface area contributed by atoms with E-state index in [1.165, 1.54) is 12.0 Å². The summed E-state index contributed by atoms with van der Waals surface area (Å²) < 4.78 is 5.54. The molecule has 2 bridgehead atoms. The monoisotopic (exact) mass is 426 g/mol. The highest BCUT2D eigenvalue weighted by Crippen LogP contribution is 2.65.